The first-order chi connectivity index (χ1) is 8.56. The summed E-state index contributed by atoms with van der Waals surface area (Å²) in [5, 5.41) is 0. The Morgan fingerprint density at radius 2 is 0.889 bits per heavy atom. The second-order valence-corrected chi connectivity index (χ2v) is 14.3. The Hall–Kier alpha value is 1.05. The zero-order valence-corrected chi connectivity index (χ0v) is 14.7. The van der Waals surface area contributed by atoms with Gasteiger partial charge in [0.25, 0.3) is 0 Å². The molecule has 2 N–H and O–H groups in total. The van der Waals surface area contributed by atoms with Crippen molar-refractivity contribution >= 4 is 39.2 Å². The summed E-state index contributed by atoms with van der Waals surface area (Å²) in [6, 6.07) is -1.53. The zero-order valence-electron chi connectivity index (χ0n) is 11.4. The molecule has 0 aliphatic heterocycles. The van der Waals surface area contributed by atoms with Crippen molar-refractivity contribution in [3.8, 4) is 0 Å². The van der Waals surface area contributed by atoms with Crippen LogP contribution >= 0.6 is 33.2 Å². The number of nitrogens with two attached hydrogens (primary N) is 1. The number of halogens is 3. The molecule has 0 heterocycles. The number of hydrogen-bond acceptors (Lipinski definition) is 1. The Balaban J connectivity index is 2.99. The van der Waals surface area contributed by atoms with Crippen LogP contribution < -0.4 is 5.73 Å². The average molecular weight is 333 g/mol. The van der Waals surface area contributed by atoms with E-state index in [0.29, 0.717) is 0 Å². The monoisotopic (exact) mass is 331 g/mol. The van der Waals surface area contributed by atoms with Crippen LogP contribution in [0.4, 0.5) is 0 Å². The van der Waals surface area contributed by atoms with Crippen LogP contribution in [0.3, 0.4) is 0 Å². The molecule has 0 aromatic rings. The van der Waals surface area contributed by atoms with Crippen LogP contribution in [0.1, 0.15) is 70.6 Å². The molecule has 0 amide bonds. The normalized spacial score (nSPS) is 12.0. The lowest BCUT2D eigenvalue weighted by atomic mass is 10.1. The summed E-state index contributed by atoms with van der Waals surface area (Å²) < 4.78 is 0. The van der Waals surface area contributed by atoms with E-state index in [2.05, 4.69) is 0 Å². The van der Waals surface area contributed by atoms with Crippen molar-refractivity contribution in [2.45, 2.75) is 76.7 Å². The predicted octanol–water partition coefficient (Wildman–Crippen LogP) is 5.89. The molecule has 0 saturated carbocycles. The summed E-state index contributed by atoms with van der Waals surface area (Å²) in [5.74, 6) is 0. The van der Waals surface area contributed by atoms with Crippen LogP contribution in [0.5, 0.6) is 0 Å². The summed E-state index contributed by atoms with van der Waals surface area (Å²) in [6.45, 7) is 0.844. The van der Waals surface area contributed by atoms with Gasteiger partial charge in [0.05, 0.1) is 0 Å². The van der Waals surface area contributed by atoms with E-state index in [1.54, 1.807) is 0 Å². The zero-order chi connectivity index (χ0) is 13.7. The van der Waals surface area contributed by atoms with Gasteiger partial charge >= 0.3 is 6.00 Å². The van der Waals surface area contributed by atoms with Crippen LogP contribution in [0.15, 0.2) is 0 Å². The maximum Gasteiger partial charge on any atom is 0.341 e. The van der Waals surface area contributed by atoms with Gasteiger partial charge in [-0.1, -0.05) is 64.2 Å². The first-order valence-corrected chi connectivity index (χ1v) is 12.6. The molecule has 0 unspecified atom stereocenters. The lowest BCUT2D eigenvalue weighted by Gasteiger charge is -2.06. The van der Waals surface area contributed by atoms with Gasteiger partial charge in [0, 0.05) is 0 Å². The molecule has 0 aliphatic carbocycles. The second kappa shape index (κ2) is 13.0. The van der Waals surface area contributed by atoms with Crippen molar-refractivity contribution in [2.24, 2.45) is 5.73 Å². The lowest BCUT2D eigenvalue weighted by molar-refractivity contribution is 0.551. The highest BCUT2D eigenvalue weighted by Crippen LogP contribution is 2.27. The summed E-state index contributed by atoms with van der Waals surface area (Å²) >= 11 is 17.5. The van der Waals surface area contributed by atoms with E-state index < -0.39 is 6.00 Å². The topological polar surface area (TPSA) is 26.0 Å². The fraction of sp³-hybridized carbons (Fsp3) is 1.00. The van der Waals surface area contributed by atoms with E-state index in [0.717, 1.165) is 19.0 Å². The molecule has 18 heavy (non-hydrogen) atoms. The van der Waals surface area contributed by atoms with Gasteiger partial charge in [-0.2, -0.15) is 0 Å². The minimum Gasteiger partial charge on any atom is -0.330 e. The maximum absolute atomic E-state index is 5.83. The van der Waals surface area contributed by atoms with Crippen molar-refractivity contribution < 1.29 is 0 Å². The van der Waals surface area contributed by atoms with E-state index in [4.69, 9.17) is 39.0 Å². The smallest absolute Gasteiger partial charge is 0.330 e. The van der Waals surface area contributed by atoms with Gasteiger partial charge in [0.1, 0.15) is 0 Å². The molecule has 0 bridgehead atoms. The van der Waals surface area contributed by atoms with Gasteiger partial charge in [-0.25, -0.2) is 0 Å². The average Bonchev–Trinajstić information content (AvgIpc) is 2.29. The van der Waals surface area contributed by atoms with Gasteiger partial charge in [-0.3, -0.25) is 0 Å². The fourth-order valence-electron chi connectivity index (χ4n) is 2.06. The molecule has 5 heteroatoms. The molecular formula is C13H28Cl3NSi. The molecule has 0 spiro atoms. The Bertz CT molecular complexity index is 174. The SMILES string of the molecule is NCCCCCCCCCCCCC[Si](Cl)(Cl)Cl. The summed E-state index contributed by atoms with van der Waals surface area (Å²) in [4.78, 5) is 0. The minimum atomic E-state index is -2.35. The molecule has 0 saturated heterocycles. The highest BCUT2D eigenvalue weighted by Gasteiger charge is 2.23. The quantitative estimate of drug-likeness (QED) is 0.254. The van der Waals surface area contributed by atoms with E-state index in [9.17, 15) is 0 Å². The molecule has 0 atom stereocenters. The number of rotatable bonds is 13. The Kier molecular flexibility index (Phi) is 13.8. The fourth-order valence-corrected chi connectivity index (χ4v) is 3.91. The summed E-state index contributed by atoms with van der Waals surface area (Å²) in [6.07, 6.45) is 14.3. The van der Waals surface area contributed by atoms with Gasteiger partial charge < -0.3 is 5.73 Å². The molecule has 0 rings (SSSR count). The first-order valence-electron chi connectivity index (χ1n) is 7.33. The molecule has 0 radical (unpaired) electrons. The van der Waals surface area contributed by atoms with Gasteiger partial charge in [0.15, 0.2) is 0 Å². The Morgan fingerprint density at radius 1 is 0.556 bits per heavy atom. The van der Waals surface area contributed by atoms with Gasteiger partial charge in [-0.15, -0.1) is 33.2 Å². The highest BCUT2D eigenvalue weighted by molar-refractivity contribution is 7.64. The third kappa shape index (κ3) is 17.0. The summed E-state index contributed by atoms with van der Waals surface area (Å²) in [5.41, 5.74) is 5.45. The molecular weight excluding hydrogens is 305 g/mol. The van der Waals surface area contributed by atoms with Crippen molar-refractivity contribution in [1.82, 2.24) is 0 Å². The predicted molar refractivity (Wildman–Crippen MR) is 88.0 cm³/mol. The van der Waals surface area contributed by atoms with Crippen molar-refractivity contribution in [3.63, 3.8) is 0 Å². The van der Waals surface area contributed by atoms with E-state index in [-0.39, 0.29) is 0 Å². The first kappa shape index (κ1) is 19.0. The van der Waals surface area contributed by atoms with Gasteiger partial charge in [0.2, 0.25) is 0 Å². The van der Waals surface area contributed by atoms with Crippen LogP contribution in [-0.2, 0) is 0 Å². The Morgan fingerprint density at radius 3 is 1.22 bits per heavy atom. The molecule has 0 aliphatic rings. The summed E-state index contributed by atoms with van der Waals surface area (Å²) in [7, 11) is 0. The van der Waals surface area contributed by atoms with E-state index >= 15 is 0 Å². The molecule has 110 valence electrons. The molecule has 0 aromatic heterocycles. The van der Waals surface area contributed by atoms with Crippen LogP contribution in [0, 0.1) is 0 Å². The van der Waals surface area contributed by atoms with Crippen LogP contribution in [0.2, 0.25) is 6.04 Å². The van der Waals surface area contributed by atoms with E-state index in [1.807, 2.05) is 0 Å². The van der Waals surface area contributed by atoms with Crippen molar-refractivity contribution in [2.75, 3.05) is 6.54 Å². The third-order valence-electron chi connectivity index (χ3n) is 3.16. The molecule has 0 fully saturated rings. The molecule has 0 aromatic carbocycles. The van der Waals surface area contributed by atoms with Crippen LogP contribution in [-0.4, -0.2) is 12.5 Å². The number of hydrogen-bond donors (Lipinski definition) is 1. The standard InChI is InChI=1S/C13H28Cl3NSi/c14-18(15,16)13-11-9-7-5-3-1-2-4-6-8-10-12-17/h1-13,17H2. The number of unbranched alkanes of at least 4 members (excludes halogenated alkanes) is 10. The van der Waals surface area contributed by atoms with E-state index in [1.165, 1.54) is 64.2 Å². The molecule has 1 nitrogen and oxygen atoms in total. The largest absolute Gasteiger partial charge is 0.341 e. The maximum atomic E-state index is 5.83. The Labute approximate surface area is 128 Å². The minimum absolute atomic E-state index is 0.818. The second-order valence-electron chi connectivity index (χ2n) is 5.04. The van der Waals surface area contributed by atoms with Crippen molar-refractivity contribution in [3.05, 3.63) is 0 Å². The lowest BCUT2D eigenvalue weighted by Crippen LogP contribution is -2.07. The van der Waals surface area contributed by atoms with Gasteiger partial charge in [-0.05, 0) is 19.0 Å². The van der Waals surface area contributed by atoms with Crippen LogP contribution in [0.25, 0.3) is 0 Å². The third-order valence-corrected chi connectivity index (χ3v) is 5.79. The van der Waals surface area contributed by atoms with Crippen molar-refractivity contribution in [1.29, 1.82) is 0 Å². The highest BCUT2D eigenvalue weighted by atomic mass is 35.8.